The minimum atomic E-state index is -1.04. The summed E-state index contributed by atoms with van der Waals surface area (Å²) in [5.41, 5.74) is 7.40. The number of unbranched alkanes of at least 4 members (excludes halogenated alkanes) is 1. The number of carbonyl (C=O) groups is 3. The second kappa shape index (κ2) is 17.8. The smallest absolute Gasteiger partial charge is 0.409 e. The molecule has 3 aromatic carbocycles. The second-order valence-corrected chi connectivity index (χ2v) is 7.28. The molecule has 0 saturated carbocycles. The van der Waals surface area contributed by atoms with Crippen LogP contribution in [0.5, 0.6) is 0 Å². The van der Waals surface area contributed by atoms with Crippen molar-refractivity contribution in [3.05, 3.63) is 91.0 Å². The van der Waals surface area contributed by atoms with E-state index in [-0.39, 0.29) is 0 Å². The Bertz CT molecular complexity index is 969. The van der Waals surface area contributed by atoms with Crippen molar-refractivity contribution in [2.75, 3.05) is 22.5 Å². The van der Waals surface area contributed by atoms with Crippen LogP contribution < -0.4 is 21.7 Å². The molecule has 0 aromatic heterocycles. The van der Waals surface area contributed by atoms with E-state index in [1.54, 1.807) is 48.5 Å². The van der Waals surface area contributed by atoms with Crippen molar-refractivity contribution in [3.8, 4) is 0 Å². The summed E-state index contributed by atoms with van der Waals surface area (Å²) in [6.07, 6.45) is 0.215. The highest BCUT2D eigenvalue weighted by Gasteiger charge is 2.15. The number of amides is 2. The largest absolute Gasteiger partial charge is 0.480 e. The maximum absolute atomic E-state index is 11.0. The molecular formula is C26H32N4O6. The lowest BCUT2D eigenvalue weighted by Crippen LogP contribution is -2.29. The van der Waals surface area contributed by atoms with Gasteiger partial charge in [0.15, 0.2) is 0 Å². The molecule has 10 nitrogen and oxygen atoms in total. The first-order valence-electron chi connectivity index (χ1n) is 11.2. The lowest BCUT2D eigenvalue weighted by Gasteiger charge is -2.15. The number of aliphatic carboxylic acids is 1. The van der Waals surface area contributed by atoms with Crippen molar-refractivity contribution in [1.82, 2.24) is 0 Å². The highest BCUT2D eigenvalue weighted by Crippen LogP contribution is 2.11. The Morgan fingerprint density at radius 1 is 0.639 bits per heavy atom. The van der Waals surface area contributed by atoms with E-state index in [2.05, 4.69) is 16.0 Å². The fourth-order valence-electron chi connectivity index (χ4n) is 2.78. The number of benzene rings is 3. The normalized spacial score (nSPS) is 10.2. The first-order valence-corrected chi connectivity index (χ1v) is 11.2. The van der Waals surface area contributed by atoms with Crippen LogP contribution in [0.3, 0.4) is 0 Å². The number of carboxylic acids is 1. The van der Waals surface area contributed by atoms with E-state index < -0.39 is 24.2 Å². The summed E-state index contributed by atoms with van der Waals surface area (Å²) >= 11 is 0. The molecular weight excluding hydrogens is 464 g/mol. The summed E-state index contributed by atoms with van der Waals surface area (Å²) in [6, 6.07) is 26.3. The van der Waals surface area contributed by atoms with E-state index in [1.807, 2.05) is 42.5 Å². The molecule has 0 unspecified atom stereocenters. The van der Waals surface area contributed by atoms with Crippen LogP contribution >= 0.6 is 0 Å². The molecule has 10 heteroatoms. The third kappa shape index (κ3) is 14.6. The lowest BCUT2D eigenvalue weighted by atomic mass is 10.1. The van der Waals surface area contributed by atoms with Gasteiger partial charge >= 0.3 is 18.2 Å². The molecule has 1 atom stereocenters. The molecule has 2 amide bonds. The Morgan fingerprint density at radius 2 is 1.03 bits per heavy atom. The molecule has 0 fully saturated rings. The summed E-state index contributed by atoms with van der Waals surface area (Å²) in [4.78, 5) is 31.1. The van der Waals surface area contributed by atoms with Gasteiger partial charge in [0.2, 0.25) is 0 Å². The molecule has 3 rings (SSSR count). The first-order chi connectivity index (χ1) is 17.3. The third-order valence-corrected chi connectivity index (χ3v) is 4.41. The van der Waals surface area contributed by atoms with Gasteiger partial charge in [-0.2, -0.15) is 0 Å². The molecule has 0 aliphatic heterocycles. The summed E-state index contributed by atoms with van der Waals surface area (Å²) in [5.74, 6) is -0.819. The van der Waals surface area contributed by atoms with Crippen LogP contribution in [0.4, 0.5) is 26.7 Å². The predicted molar refractivity (Wildman–Crippen MR) is 141 cm³/mol. The zero-order valence-electron chi connectivity index (χ0n) is 19.7. The number of nitrogens with one attached hydrogen (secondary N) is 3. The molecule has 192 valence electrons. The molecule has 0 bridgehead atoms. The van der Waals surface area contributed by atoms with E-state index in [1.165, 1.54) is 0 Å². The van der Waals surface area contributed by atoms with E-state index in [0.717, 1.165) is 18.5 Å². The molecule has 0 radical (unpaired) electrons. The Morgan fingerprint density at radius 3 is 1.36 bits per heavy atom. The van der Waals surface area contributed by atoms with Crippen molar-refractivity contribution in [2.24, 2.45) is 5.73 Å². The molecule has 3 aromatic rings. The van der Waals surface area contributed by atoms with Crippen LogP contribution in [0.25, 0.3) is 0 Å². The van der Waals surface area contributed by atoms with Gasteiger partial charge in [-0.1, -0.05) is 54.6 Å². The highest BCUT2D eigenvalue weighted by atomic mass is 16.4. The fourth-order valence-corrected chi connectivity index (χ4v) is 2.78. The highest BCUT2D eigenvalue weighted by molar-refractivity contribution is 5.83. The van der Waals surface area contributed by atoms with Gasteiger partial charge in [-0.25, -0.2) is 14.4 Å². The van der Waals surface area contributed by atoms with Gasteiger partial charge in [0, 0.05) is 17.1 Å². The van der Waals surface area contributed by atoms with Crippen molar-refractivity contribution in [2.45, 2.75) is 25.3 Å². The molecule has 0 spiro atoms. The van der Waals surface area contributed by atoms with Crippen molar-refractivity contribution in [1.29, 1.82) is 0 Å². The van der Waals surface area contributed by atoms with Crippen LogP contribution in [0.1, 0.15) is 19.3 Å². The molecule has 36 heavy (non-hydrogen) atoms. The van der Waals surface area contributed by atoms with Crippen LogP contribution in [-0.4, -0.2) is 46.1 Å². The van der Waals surface area contributed by atoms with Gasteiger partial charge in [-0.15, -0.1) is 0 Å². The molecule has 0 aliphatic carbocycles. The average Bonchev–Trinajstić information content (AvgIpc) is 2.85. The van der Waals surface area contributed by atoms with Crippen LogP contribution in [0.15, 0.2) is 91.0 Å². The summed E-state index contributed by atoms with van der Waals surface area (Å²) in [7, 11) is 0. The summed E-state index contributed by atoms with van der Waals surface area (Å²) in [6.45, 7) is 0.609. The number of para-hydroxylation sites is 3. The minimum absolute atomic E-state index is 0.533. The average molecular weight is 497 g/mol. The molecule has 0 heterocycles. The van der Waals surface area contributed by atoms with Crippen molar-refractivity contribution < 1.29 is 29.7 Å². The monoisotopic (exact) mass is 496 g/mol. The second-order valence-electron chi connectivity index (χ2n) is 7.28. The van der Waals surface area contributed by atoms with Gasteiger partial charge in [0.1, 0.15) is 6.04 Å². The van der Waals surface area contributed by atoms with E-state index in [9.17, 15) is 14.4 Å². The quantitative estimate of drug-likeness (QED) is 0.197. The van der Waals surface area contributed by atoms with Crippen molar-refractivity contribution in [3.63, 3.8) is 0 Å². The number of carboxylic acid groups (broad SMARTS) is 3. The van der Waals surface area contributed by atoms with E-state index in [4.69, 9.17) is 21.1 Å². The maximum Gasteiger partial charge on any atom is 0.409 e. The molecule has 0 saturated heterocycles. The minimum Gasteiger partial charge on any atom is -0.480 e. The Labute approximate surface area is 209 Å². The third-order valence-electron chi connectivity index (χ3n) is 4.41. The number of rotatable bonds is 9. The van der Waals surface area contributed by atoms with Crippen LogP contribution in [0, 0.1) is 0 Å². The van der Waals surface area contributed by atoms with Gasteiger partial charge in [-0.05, 0) is 62.2 Å². The zero-order chi connectivity index (χ0) is 26.6. The van der Waals surface area contributed by atoms with Crippen LogP contribution in [0.2, 0.25) is 0 Å². The Balaban J connectivity index is 0.000000282. The van der Waals surface area contributed by atoms with Gasteiger partial charge < -0.3 is 26.4 Å². The maximum atomic E-state index is 11.0. The van der Waals surface area contributed by atoms with E-state index in [0.29, 0.717) is 24.3 Å². The van der Waals surface area contributed by atoms with Gasteiger partial charge in [0.25, 0.3) is 0 Å². The fraction of sp³-hybridized carbons (Fsp3) is 0.192. The van der Waals surface area contributed by atoms with Gasteiger partial charge in [-0.3, -0.25) is 10.6 Å². The topological polar surface area (TPSA) is 174 Å². The summed E-state index contributed by atoms with van der Waals surface area (Å²) < 4.78 is 0. The summed E-state index contributed by atoms with van der Waals surface area (Å²) in [5, 5.41) is 33.0. The number of anilines is 3. The number of hydrogen-bond acceptors (Lipinski definition) is 5. The van der Waals surface area contributed by atoms with Crippen LogP contribution in [-0.2, 0) is 4.79 Å². The zero-order valence-corrected chi connectivity index (χ0v) is 19.7. The Hall–Kier alpha value is -4.57. The number of nitrogens with two attached hydrogens (primary N) is 1. The lowest BCUT2D eigenvalue weighted by molar-refractivity contribution is -0.138. The van der Waals surface area contributed by atoms with Gasteiger partial charge in [0.05, 0.1) is 0 Å². The first kappa shape index (κ1) is 29.5. The predicted octanol–water partition coefficient (Wildman–Crippen LogP) is 5.23. The Kier molecular flexibility index (Phi) is 14.6. The van der Waals surface area contributed by atoms with E-state index >= 15 is 0 Å². The molecule has 8 N–H and O–H groups in total. The van der Waals surface area contributed by atoms with Crippen molar-refractivity contribution >= 4 is 35.2 Å². The molecule has 0 aliphatic rings. The standard InChI is InChI=1S/C12H18N2O2.2C7H7NO2/c13-9-5-4-8-11(12(15)16)14-10-6-2-1-3-7-10;2*9-7(10)8-6-4-2-1-3-5-6/h1-3,6-7,11,14H,4-5,8-9,13H2,(H,15,16);2*1-5,8H,(H,9,10)/t11-;;/m0../s1. The SMILES string of the molecule is NCCCC[C@H](Nc1ccccc1)C(=O)O.O=C(O)Nc1ccccc1.O=C(O)Nc1ccccc1. The number of hydrogen-bond donors (Lipinski definition) is 7.